The van der Waals surface area contributed by atoms with E-state index >= 15 is 0 Å². The van der Waals surface area contributed by atoms with E-state index in [2.05, 4.69) is 49.9 Å². The molecule has 2 nitrogen and oxygen atoms in total. The molecule has 1 aromatic rings. The topological polar surface area (TPSA) is 12.5 Å². The molecule has 0 saturated carbocycles. The molecule has 1 rings (SSSR count). The highest BCUT2D eigenvalue weighted by molar-refractivity contribution is 5.49. The number of benzene rings is 1. The van der Waals surface area contributed by atoms with Crippen LogP contribution in [0, 0.1) is 0 Å². The Morgan fingerprint density at radius 3 is 1.95 bits per heavy atom. The minimum Gasteiger partial charge on any atom is -0.494 e. The second kappa shape index (κ2) is 11.5. The normalized spacial score (nSPS) is 10.6. The fraction of sp³-hybridized carbons (Fsp3) is 0.684. The SMILES string of the molecule is CCCCCCCOc1ccc(N(CCC)CCC)cc1. The van der Waals surface area contributed by atoms with Crippen molar-refractivity contribution < 1.29 is 4.74 Å². The van der Waals surface area contributed by atoms with E-state index in [1.165, 1.54) is 50.6 Å². The maximum Gasteiger partial charge on any atom is 0.119 e. The fourth-order valence-electron chi connectivity index (χ4n) is 2.56. The Morgan fingerprint density at radius 2 is 1.38 bits per heavy atom. The molecule has 0 N–H and O–H groups in total. The highest BCUT2D eigenvalue weighted by Gasteiger charge is 2.04. The molecule has 0 amide bonds. The summed E-state index contributed by atoms with van der Waals surface area (Å²) in [6.07, 6.45) is 8.81. The molecule has 0 radical (unpaired) electrons. The van der Waals surface area contributed by atoms with Gasteiger partial charge >= 0.3 is 0 Å². The van der Waals surface area contributed by atoms with Crippen LogP contribution in [0.5, 0.6) is 5.75 Å². The molecule has 0 aromatic heterocycles. The van der Waals surface area contributed by atoms with Crippen LogP contribution in [-0.4, -0.2) is 19.7 Å². The molecule has 0 unspecified atom stereocenters. The van der Waals surface area contributed by atoms with E-state index in [-0.39, 0.29) is 0 Å². The van der Waals surface area contributed by atoms with E-state index in [4.69, 9.17) is 4.74 Å². The lowest BCUT2D eigenvalue weighted by molar-refractivity contribution is 0.304. The summed E-state index contributed by atoms with van der Waals surface area (Å²) in [7, 11) is 0. The van der Waals surface area contributed by atoms with Gasteiger partial charge in [-0.2, -0.15) is 0 Å². The number of ether oxygens (including phenoxy) is 1. The standard InChI is InChI=1S/C19H33NO/c1-4-7-8-9-10-17-21-19-13-11-18(12-14-19)20(15-5-2)16-6-3/h11-14H,4-10,15-17H2,1-3H3. The monoisotopic (exact) mass is 291 g/mol. The van der Waals surface area contributed by atoms with Crippen molar-refractivity contribution in [1.82, 2.24) is 0 Å². The second-order valence-corrected chi connectivity index (χ2v) is 5.74. The predicted octanol–water partition coefficient (Wildman–Crippen LogP) is 5.66. The maximum atomic E-state index is 5.82. The Labute approximate surface area is 131 Å². The van der Waals surface area contributed by atoms with Gasteiger partial charge in [0.25, 0.3) is 0 Å². The molecule has 0 aliphatic carbocycles. The smallest absolute Gasteiger partial charge is 0.119 e. The van der Waals surface area contributed by atoms with Crippen LogP contribution in [0.1, 0.15) is 65.7 Å². The maximum absolute atomic E-state index is 5.82. The van der Waals surface area contributed by atoms with E-state index in [1.54, 1.807) is 0 Å². The first-order chi connectivity index (χ1) is 10.3. The van der Waals surface area contributed by atoms with Gasteiger partial charge in [0.1, 0.15) is 5.75 Å². The van der Waals surface area contributed by atoms with E-state index in [1.807, 2.05) is 0 Å². The number of anilines is 1. The summed E-state index contributed by atoms with van der Waals surface area (Å²) < 4.78 is 5.82. The molecule has 0 heterocycles. The van der Waals surface area contributed by atoms with Crippen molar-refractivity contribution in [2.24, 2.45) is 0 Å². The van der Waals surface area contributed by atoms with Gasteiger partial charge in [0, 0.05) is 18.8 Å². The molecule has 1 aromatic carbocycles. The summed E-state index contributed by atoms with van der Waals surface area (Å²) in [4.78, 5) is 2.45. The van der Waals surface area contributed by atoms with Gasteiger partial charge in [-0.3, -0.25) is 0 Å². The summed E-state index contributed by atoms with van der Waals surface area (Å²) in [5.41, 5.74) is 1.31. The van der Waals surface area contributed by atoms with Gasteiger partial charge in [0.2, 0.25) is 0 Å². The van der Waals surface area contributed by atoms with E-state index in [9.17, 15) is 0 Å². The third-order valence-corrected chi connectivity index (χ3v) is 3.71. The summed E-state index contributed by atoms with van der Waals surface area (Å²) in [5.74, 6) is 1.00. The average molecular weight is 291 g/mol. The van der Waals surface area contributed by atoms with Gasteiger partial charge in [0.15, 0.2) is 0 Å². The highest BCUT2D eigenvalue weighted by Crippen LogP contribution is 2.20. The van der Waals surface area contributed by atoms with Gasteiger partial charge in [-0.1, -0.05) is 46.5 Å². The third kappa shape index (κ3) is 7.40. The van der Waals surface area contributed by atoms with E-state index in [0.29, 0.717) is 0 Å². The van der Waals surface area contributed by atoms with Crippen LogP contribution in [0.25, 0.3) is 0 Å². The zero-order chi connectivity index (χ0) is 15.3. The Balaban J connectivity index is 2.35. The Kier molecular flexibility index (Phi) is 9.77. The number of hydrogen-bond acceptors (Lipinski definition) is 2. The first kappa shape index (κ1) is 17.9. The van der Waals surface area contributed by atoms with Crippen molar-refractivity contribution in [3.63, 3.8) is 0 Å². The zero-order valence-electron chi connectivity index (χ0n) is 14.2. The van der Waals surface area contributed by atoms with Gasteiger partial charge in [-0.05, 0) is 43.5 Å². The van der Waals surface area contributed by atoms with Crippen molar-refractivity contribution in [2.75, 3.05) is 24.6 Å². The van der Waals surface area contributed by atoms with Crippen molar-refractivity contribution in [3.8, 4) is 5.75 Å². The summed E-state index contributed by atoms with van der Waals surface area (Å²) in [6.45, 7) is 9.82. The van der Waals surface area contributed by atoms with Crippen molar-refractivity contribution in [3.05, 3.63) is 24.3 Å². The van der Waals surface area contributed by atoms with Crippen LogP contribution in [0.3, 0.4) is 0 Å². The second-order valence-electron chi connectivity index (χ2n) is 5.74. The molecular formula is C19H33NO. The summed E-state index contributed by atoms with van der Waals surface area (Å²) in [5, 5.41) is 0. The zero-order valence-corrected chi connectivity index (χ0v) is 14.2. The first-order valence-electron chi connectivity index (χ1n) is 8.79. The largest absolute Gasteiger partial charge is 0.494 e. The molecule has 0 bridgehead atoms. The lowest BCUT2D eigenvalue weighted by Gasteiger charge is -2.23. The lowest BCUT2D eigenvalue weighted by atomic mass is 10.2. The summed E-state index contributed by atoms with van der Waals surface area (Å²) in [6, 6.07) is 8.61. The van der Waals surface area contributed by atoms with Crippen LogP contribution < -0.4 is 9.64 Å². The van der Waals surface area contributed by atoms with Crippen molar-refractivity contribution in [1.29, 1.82) is 0 Å². The van der Waals surface area contributed by atoms with Crippen LogP contribution >= 0.6 is 0 Å². The molecule has 0 saturated heterocycles. The fourth-order valence-corrected chi connectivity index (χ4v) is 2.56. The van der Waals surface area contributed by atoms with E-state index in [0.717, 1.165) is 25.4 Å². The Hall–Kier alpha value is -1.18. The minimum absolute atomic E-state index is 0.844. The number of nitrogens with zero attached hydrogens (tertiary/aromatic N) is 1. The molecule has 2 heteroatoms. The first-order valence-corrected chi connectivity index (χ1v) is 8.79. The van der Waals surface area contributed by atoms with Crippen LogP contribution in [0.4, 0.5) is 5.69 Å². The quantitative estimate of drug-likeness (QED) is 0.461. The van der Waals surface area contributed by atoms with Gasteiger partial charge in [0.05, 0.1) is 6.61 Å². The number of unbranched alkanes of at least 4 members (excludes halogenated alkanes) is 4. The lowest BCUT2D eigenvalue weighted by Crippen LogP contribution is -2.24. The van der Waals surface area contributed by atoms with Crippen molar-refractivity contribution in [2.45, 2.75) is 65.7 Å². The molecule has 0 aliphatic heterocycles. The van der Waals surface area contributed by atoms with Crippen LogP contribution in [0.15, 0.2) is 24.3 Å². The van der Waals surface area contributed by atoms with Gasteiger partial charge in [-0.25, -0.2) is 0 Å². The molecule has 0 fully saturated rings. The molecule has 0 aliphatic rings. The van der Waals surface area contributed by atoms with Crippen LogP contribution in [-0.2, 0) is 0 Å². The molecule has 120 valence electrons. The van der Waals surface area contributed by atoms with E-state index < -0.39 is 0 Å². The average Bonchev–Trinajstić information content (AvgIpc) is 2.51. The third-order valence-electron chi connectivity index (χ3n) is 3.71. The minimum atomic E-state index is 0.844. The van der Waals surface area contributed by atoms with Gasteiger partial charge in [-0.15, -0.1) is 0 Å². The number of rotatable bonds is 12. The summed E-state index contributed by atoms with van der Waals surface area (Å²) >= 11 is 0. The van der Waals surface area contributed by atoms with Gasteiger partial charge < -0.3 is 9.64 Å². The predicted molar refractivity (Wildman–Crippen MR) is 93.5 cm³/mol. The Morgan fingerprint density at radius 1 is 0.762 bits per heavy atom. The molecule has 21 heavy (non-hydrogen) atoms. The highest BCUT2D eigenvalue weighted by atomic mass is 16.5. The number of hydrogen-bond donors (Lipinski definition) is 0. The molecular weight excluding hydrogens is 258 g/mol. The van der Waals surface area contributed by atoms with Crippen molar-refractivity contribution >= 4 is 5.69 Å². The van der Waals surface area contributed by atoms with Crippen LogP contribution in [0.2, 0.25) is 0 Å². The molecule has 0 atom stereocenters. The Bertz CT molecular complexity index is 341. The molecule has 0 spiro atoms.